The number of halogens is 3. The number of nitrogens with zero attached hydrogens (tertiary/aromatic N) is 3. The maximum absolute atomic E-state index is 14.0. The van der Waals surface area contributed by atoms with Gasteiger partial charge < -0.3 is 18.9 Å². The molecule has 188 valence electrons. The summed E-state index contributed by atoms with van der Waals surface area (Å²) in [7, 11) is 1.56. The van der Waals surface area contributed by atoms with Gasteiger partial charge in [-0.3, -0.25) is 4.79 Å². The number of fused-ring (bicyclic) bond motifs is 1. The number of hydrogen-bond acceptors (Lipinski definition) is 4. The Morgan fingerprint density at radius 3 is 2.56 bits per heavy atom. The van der Waals surface area contributed by atoms with Crippen LogP contribution in [0.1, 0.15) is 49.0 Å². The lowest BCUT2D eigenvalue weighted by atomic mass is 9.87. The van der Waals surface area contributed by atoms with E-state index in [1.165, 1.54) is 0 Å². The molecule has 36 heavy (non-hydrogen) atoms. The molecule has 0 N–H and O–H groups in total. The standard InChI is InChI=1S/C27H26F3N3O3/c1-15-13-32(14-31-15)23-8-7-17(9-24(23)35-3)10-25-27(34)33-21(16(2)36-25)5-4-6-22(33)18-11-19(28)26(30)20(29)12-18/h7-14,16,21-22H,4-6H2,1-3H3/b25-10-/t16-,21?,22?/m1/s1. The second-order valence-corrected chi connectivity index (χ2v) is 9.21. The Bertz CT molecular complexity index is 1330. The van der Waals surface area contributed by atoms with Gasteiger partial charge in [0.25, 0.3) is 5.91 Å². The summed E-state index contributed by atoms with van der Waals surface area (Å²) in [5.41, 5.74) is 2.58. The molecule has 9 heteroatoms. The average Bonchev–Trinajstić information content (AvgIpc) is 3.30. The Hall–Kier alpha value is -3.75. The van der Waals surface area contributed by atoms with E-state index in [9.17, 15) is 18.0 Å². The van der Waals surface area contributed by atoms with Gasteiger partial charge in [-0.1, -0.05) is 6.07 Å². The highest BCUT2D eigenvalue weighted by atomic mass is 19.2. The van der Waals surface area contributed by atoms with Gasteiger partial charge in [0.05, 0.1) is 36.9 Å². The van der Waals surface area contributed by atoms with E-state index in [2.05, 4.69) is 4.98 Å². The molecule has 1 amide bonds. The molecule has 3 atom stereocenters. The van der Waals surface area contributed by atoms with Crippen LogP contribution in [0.5, 0.6) is 5.75 Å². The third kappa shape index (κ3) is 4.23. The van der Waals surface area contributed by atoms with Crippen LogP contribution in [-0.2, 0) is 9.53 Å². The van der Waals surface area contributed by atoms with Crippen LogP contribution in [0.15, 0.2) is 48.6 Å². The molecule has 2 aliphatic heterocycles. The highest BCUT2D eigenvalue weighted by Gasteiger charge is 2.44. The first-order valence-electron chi connectivity index (χ1n) is 11.8. The van der Waals surface area contributed by atoms with Crippen molar-refractivity contribution < 1.29 is 27.4 Å². The summed E-state index contributed by atoms with van der Waals surface area (Å²) in [5, 5.41) is 0. The van der Waals surface area contributed by atoms with Crippen molar-refractivity contribution in [2.24, 2.45) is 0 Å². The van der Waals surface area contributed by atoms with Crippen LogP contribution in [0.2, 0.25) is 0 Å². The fourth-order valence-electron chi connectivity index (χ4n) is 5.13. The van der Waals surface area contributed by atoms with E-state index in [0.717, 1.165) is 29.9 Å². The number of benzene rings is 2. The van der Waals surface area contributed by atoms with Crippen molar-refractivity contribution >= 4 is 12.0 Å². The minimum Gasteiger partial charge on any atom is -0.495 e. The van der Waals surface area contributed by atoms with Crippen molar-refractivity contribution in [2.75, 3.05) is 7.11 Å². The summed E-state index contributed by atoms with van der Waals surface area (Å²) >= 11 is 0. The fraction of sp³-hybridized carbons (Fsp3) is 0.333. The predicted octanol–water partition coefficient (Wildman–Crippen LogP) is 5.49. The van der Waals surface area contributed by atoms with Crippen molar-refractivity contribution in [3.63, 3.8) is 0 Å². The van der Waals surface area contributed by atoms with E-state index in [1.54, 1.807) is 30.5 Å². The van der Waals surface area contributed by atoms with Gasteiger partial charge in [0.1, 0.15) is 11.9 Å². The number of methoxy groups -OCH3 is 1. The molecule has 0 aliphatic carbocycles. The molecule has 3 aromatic rings. The second-order valence-electron chi connectivity index (χ2n) is 9.21. The molecule has 0 bridgehead atoms. The smallest absolute Gasteiger partial charge is 0.289 e. The number of ether oxygens (including phenoxy) is 2. The van der Waals surface area contributed by atoms with Crippen LogP contribution < -0.4 is 4.74 Å². The molecule has 0 spiro atoms. The number of aromatic nitrogens is 2. The molecule has 3 heterocycles. The minimum absolute atomic E-state index is 0.127. The number of imidazole rings is 1. The summed E-state index contributed by atoms with van der Waals surface area (Å²) in [6.45, 7) is 3.77. The van der Waals surface area contributed by atoms with Crippen LogP contribution in [0.25, 0.3) is 11.8 Å². The first-order chi connectivity index (χ1) is 17.3. The fourth-order valence-corrected chi connectivity index (χ4v) is 5.13. The van der Waals surface area contributed by atoms with Gasteiger partial charge >= 0.3 is 0 Å². The van der Waals surface area contributed by atoms with Crippen molar-refractivity contribution in [2.45, 2.75) is 51.3 Å². The quantitative estimate of drug-likeness (QED) is 0.354. The summed E-state index contributed by atoms with van der Waals surface area (Å²) in [6.07, 6.45) is 6.84. The second kappa shape index (κ2) is 9.37. The van der Waals surface area contributed by atoms with Crippen LogP contribution >= 0.6 is 0 Å². The van der Waals surface area contributed by atoms with Gasteiger partial charge in [0.2, 0.25) is 0 Å². The molecular weight excluding hydrogens is 471 g/mol. The molecule has 6 nitrogen and oxygen atoms in total. The summed E-state index contributed by atoms with van der Waals surface area (Å²) in [6, 6.07) is 6.60. The molecule has 2 fully saturated rings. The van der Waals surface area contributed by atoms with Gasteiger partial charge in [-0.25, -0.2) is 18.2 Å². The monoisotopic (exact) mass is 497 g/mol. The number of amides is 1. The number of aryl methyl sites for hydroxylation is 1. The maximum atomic E-state index is 14.0. The van der Waals surface area contributed by atoms with Crippen LogP contribution in [-0.4, -0.2) is 39.6 Å². The zero-order valence-electron chi connectivity index (χ0n) is 20.2. The van der Waals surface area contributed by atoms with E-state index in [-0.39, 0.29) is 29.4 Å². The van der Waals surface area contributed by atoms with Crippen molar-refractivity contribution in [1.29, 1.82) is 0 Å². The zero-order valence-corrected chi connectivity index (χ0v) is 20.2. The van der Waals surface area contributed by atoms with E-state index >= 15 is 0 Å². The summed E-state index contributed by atoms with van der Waals surface area (Å²) in [5.74, 6) is -3.71. The van der Waals surface area contributed by atoms with Crippen molar-refractivity contribution in [1.82, 2.24) is 14.5 Å². The minimum atomic E-state index is -1.52. The van der Waals surface area contributed by atoms with Crippen molar-refractivity contribution in [3.8, 4) is 11.4 Å². The molecule has 2 unspecified atom stereocenters. The Kier molecular flexibility index (Phi) is 6.24. The normalized spacial score (nSPS) is 22.9. The number of rotatable bonds is 4. The Labute approximate surface area is 207 Å². The van der Waals surface area contributed by atoms with Crippen LogP contribution in [0, 0.1) is 24.4 Å². The summed E-state index contributed by atoms with van der Waals surface area (Å²) < 4.78 is 55.0. The molecular formula is C27H26F3N3O3. The summed E-state index contributed by atoms with van der Waals surface area (Å²) in [4.78, 5) is 19.5. The van der Waals surface area contributed by atoms with E-state index in [4.69, 9.17) is 9.47 Å². The lowest BCUT2D eigenvalue weighted by Crippen LogP contribution is -2.55. The molecule has 2 saturated heterocycles. The van der Waals surface area contributed by atoms with Crippen LogP contribution in [0.3, 0.4) is 0 Å². The van der Waals surface area contributed by atoms with E-state index < -0.39 is 23.5 Å². The van der Waals surface area contributed by atoms with Gasteiger partial charge in [0.15, 0.2) is 23.2 Å². The first-order valence-corrected chi connectivity index (χ1v) is 11.8. The molecule has 0 saturated carbocycles. The average molecular weight is 498 g/mol. The van der Waals surface area contributed by atoms with Crippen molar-refractivity contribution in [3.05, 3.63) is 82.9 Å². The molecule has 5 rings (SSSR count). The largest absolute Gasteiger partial charge is 0.495 e. The molecule has 1 aromatic heterocycles. The number of carbonyl (C=O) groups excluding carboxylic acids is 1. The molecule has 2 aliphatic rings. The maximum Gasteiger partial charge on any atom is 0.289 e. The Balaban J connectivity index is 1.49. The lowest BCUT2D eigenvalue weighted by molar-refractivity contribution is -0.153. The lowest BCUT2D eigenvalue weighted by Gasteiger charge is -2.48. The SMILES string of the molecule is COc1cc(/C=C2\O[C@H](C)C3CCCC(c4cc(F)c(F)c(F)c4)N3C2=O)ccc1-n1cnc(C)c1. The van der Waals surface area contributed by atoms with Gasteiger partial charge in [-0.15, -0.1) is 0 Å². The van der Waals surface area contributed by atoms with Crippen LogP contribution in [0.4, 0.5) is 13.2 Å². The molecule has 2 aromatic carbocycles. The Morgan fingerprint density at radius 1 is 1.14 bits per heavy atom. The zero-order chi connectivity index (χ0) is 25.6. The highest BCUT2D eigenvalue weighted by molar-refractivity contribution is 5.97. The van der Waals surface area contributed by atoms with E-state index in [1.807, 2.05) is 36.7 Å². The predicted molar refractivity (Wildman–Crippen MR) is 127 cm³/mol. The van der Waals surface area contributed by atoms with Gasteiger partial charge in [-0.05, 0) is 74.6 Å². The highest BCUT2D eigenvalue weighted by Crippen LogP contribution is 2.41. The van der Waals surface area contributed by atoms with Gasteiger partial charge in [0, 0.05) is 6.20 Å². The number of piperidine rings is 1. The first kappa shape index (κ1) is 24.0. The number of carbonyl (C=O) groups is 1. The third-order valence-electron chi connectivity index (χ3n) is 6.85. The van der Waals surface area contributed by atoms with Gasteiger partial charge in [-0.2, -0.15) is 0 Å². The Morgan fingerprint density at radius 2 is 1.89 bits per heavy atom. The number of morpholine rings is 1. The number of hydrogen-bond donors (Lipinski definition) is 0. The third-order valence-corrected chi connectivity index (χ3v) is 6.85. The topological polar surface area (TPSA) is 56.6 Å². The van der Waals surface area contributed by atoms with E-state index in [0.29, 0.717) is 24.2 Å². The molecule has 0 radical (unpaired) electrons.